The minimum absolute atomic E-state index is 0.215. The third kappa shape index (κ3) is 3.72. The Balaban J connectivity index is 2.17. The molecule has 2 rings (SSSR count). The summed E-state index contributed by atoms with van der Waals surface area (Å²) in [4.78, 5) is 1.56. The average molecular weight is 336 g/mol. The average Bonchev–Trinajstić information content (AvgIpc) is 2.33. The van der Waals surface area contributed by atoms with Crippen LogP contribution >= 0.6 is 15.9 Å². The minimum Gasteiger partial charge on any atom is -0.288 e. The van der Waals surface area contributed by atoms with Gasteiger partial charge in [-0.3, -0.25) is 4.90 Å². The van der Waals surface area contributed by atoms with E-state index in [1.54, 1.807) is 4.90 Å². The van der Waals surface area contributed by atoms with Crippen LogP contribution in [0.5, 0.6) is 0 Å². The van der Waals surface area contributed by atoms with Crippen molar-refractivity contribution in [3.63, 3.8) is 0 Å². The van der Waals surface area contributed by atoms with Crippen LogP contribution in [-0.4, -0.2) is 23.7 Å². The summed E-state index contributed by atoms with van der Waals surface area (Å²) in [6.45, 7) is 2.82. The van der Waals surface area contributed by atoms with Crippen LogP contribution in [0, 0.1) is 6.92 Å². The Morgan fingerprint density at radius 1 is 1.32 bits per heavy atom. The van der Waals surface area contributed by atoms with Gasteiger partial charge >= 0.3 is 6.18 Å². The molecule has 0 saturated carbocycles. The fraction of sp³-hybridized carbons (Fsp3) is 0.571. The molecule has 1 unspecified atom stereocenters. The zero-order valence-corrected chi connectivity index (χ0v) is 12.4. The second kappa shape index (κ2) is 5.83. The number of hydrogen-bond acceptors (Lipinski definition) is 1. The third-order valence-corrected chi connectivity index (χ3v) is 4.34. The number of benzene rings is 1. The van der Waals surface area contributed by atoms with Crippen LogP contribution in [0.25, 0.3) is 0 Å². The van der Waals surface area contributed by atoms with Gasteiger partial charge in [0.15, 0.2) is 0 Å². The molecule has 1 aromatic rings. The Morgan fingerprint density at radius 2 is 2.05 bits per heavy atom. The first kappa shape index (κ1) is 14.9. The number of piperidine rings is 1. The van der Waals surface area contributed by atoms with Gasteiger partial charge < -0.3 is 0 Å². The standard InChI is InChI=1S/C14H17BrF3N/c1-10-5-6-12(15)11(8-10)9-19-7-3-2-4-13(19)14(16,17)18/h5-6,8,13H,2-4,7,9H2,1H3. The van der Waals surface area contributed by atoms with E-state index in [0.717, 1.165) is 22.0 Å². The molecule has 1 fully saturated rings. The SMILES string of the molecule is Cc1ccc(Br)c(CN2CCCCC2C(F)(F)F)c1. The van der Waals surface area contributed by atoms with Gasteiger partial charge in [-0.25, -0.2) is 0 Å². The number of alkyl halides is 3. The van der Waals surface area contributed by atoms with E-state index in [1.807, 2.05) is 25.1 Å². The number of aryl methyl sites for hydroxylation is 1. The molecule has 0 aliphatic carbocycles. The van der Waals surface area contributed by atoms with E-state index in [0.29, 0.717) is 19.5 Å². The molecule has 1 atom stereocenters. The maximum atomic E-state index is 13.0. The van der Waals surface area contributed by atoms with Gasteiger partial charge in [0, 0.05) is 11.0 Å². The molecule has 0 amide bonds. The molecule has 106 valence electrons. The summed E-state index contributed by atoms with van der Waals surface area (Å²) >= 11 is 3.42. The number of halogens is 4. The topological polar surface area (TPSA) is 3.24 Å². The van der Waals surface area contributed by atoms with Gasteiger partial charge in [-0.15, -0.1) is 0 Å². The molecule has 0 aromatic heterocycles. The van der Waals surface area contributed by atoms with Crippen molar-refractivity contribution in [3.05, 3.63) is 33.8 Å². The number of rotatable bonds is 2. The van der Waals surface area contributed by atoms with Crippen molar-refractivity contribution in [2.75, 3.05) is 6.54 Å². The van der Waals surface area contributed by atoms with E-state index in [-0.39, 0.29) is 6.42 Å². The lowest BCUT2D eigenvalue weighted by Gasteiger charge is -2.37. The number of nitrogens with zero attached hydrogens (tertiary/aromatic N) is 1. The molecule has 1 aliphatic rings. The van der Waals surface area contributed by atoms with Gasteiger partial charge in [-0.1, -0.05) is 40.0 Å². The Labute approximate surface area is 119 Å². The van der Waals surface area contributed by atoms with E-state index in [9.17, 15) is 13.2 Å². The summed E-state index contributed by atoms with van der Waals surface area (Å²) in [5.74, 6) is 0. The maximum Gasteiger partial charge on any atom is 0.404 e. The van der Waals surface area contributed by atoms with Crippen LogP contribution in [-0.2, 0) is 6.54 Å². The molecule has 0 spiro atoms. The van der Waals surface area contributed by atoms with Crippen molar-refractivity contribution in [1.82, 2.24) is 4.90 Å². The van der Waals surface area contributed by atoms with Crippen molar-refractivity contribution in [2.24, 2.45) is 0 Å². The van der Waals surface area contributed by atoms with E-state index in [4.69, 9.17) is 0 Å². The molecular weight excluding hydrogens is 319 g/mol. The van der Waals surface area contributed by atoms with E-state index < -0.39 is 12.2 Å². The van der Waals surface area contributed by atoms with Crippen LogP contribution < -0.4 is 0 Å². The predicted molar refractivity (Wildman–Crippen MR) is 73.0 cm³/mol. The van der Waals surface area contributed by atoms with Gasteiger partial charge in [0.2, 0.25) is 0 Å². The van der Waals surface area contributed by atoms with Crippen LogP contribution in [0.1, 0.15) is 30.4 Å². The molecule has 0 bridgehead atoms. The van der Waals surface area contributed by atoms with E-state index in [1.165, 1.54) is 0 Å². The van der Waals surface area contributed by atoms with Crippen molar-refractivity contribution in [1.29, 1.82) is 0 Å². The van der Waals surface area contributed by atoms with Gasteiger partial charge in [0.05, 0.1) is 0 Å². The molecule has 0 radical (unpaired) electrons. The zero-order valence-electron chi connectivity index (χ0n) is 10.8. The lowest BCUT2D eigenvalue weighted by molar-refractivity contribution is -0.192. The van der Waals surface area contributed by atoms with E-state index >= 15 is 0 Å². The highest BCUT2D eigenvalue weighted by Gasteiger charge is 2.44. The minimum atomic E-state index is -4.13. The lowest BCUT2D eigenvalue weighted by Crippen LogP contribution is -2.48. The van der Waals surface area contributed by atoms with Gasteiger partial charge in [0.1, 0.15) is 6.04 Å². The van der Waals surface area contributed by atoms with Crippen LogP contribution in [0.2, 0.25) is 0 Å². The smallest absolute Gasteiger partial charge is 0.288 e. The van der Waals surface area contributed by atoms with Gasteiger partial charge in [0.25, 0.3) is 0 Å². The molecular formula is C14H17BrF3N. The zero-order chi connectivity index (χ0) is 14.0. The maximum absolute atomic E-state index is 13.0. The molecule has 5 heteroatoms. The quantitative estimate of drug-likeness (QED) is 0.758. The van der Waals surface area contributed by atoms with Gasteiger partial charge in [-0.05, 0) is 37.9 Å². The van der Waals surface area contributed by atoms with Crippen molar-refractivity contribution < 1.29 is 13.2 Å². The lowest BCUT2D eigenvalue weighted by atomic mass is 10.0. The molecule has 1 aliphatic heterocycles. The first-order chi connectivity index (χ1) is 8.88. The second-order valence-corrected chi connectivity index (χ2v) is 5.97. The highest BCUT2D eigenvalue weighted by molar-refractivity contribution is 9.10. The fourth-order valence-electron chi connectivity index (χ4n) is 2.59. The summed E-state index contributed by atoms with van der Waals surface area (Å²) in [6.07, 6.45) is -2.41. The Morgan fingerprint density at radius 3 is 2.74 bits per heavy atom. The summed E-state index contributed by atoms with van der Waals surface area (Å²) in [5.41, 5.74) is 2.00. The van der Waals surface area contributed by atoms with Crippen molar-refractivity contribution in [2.45, 2.75) is 44.9 Å². The van der Waals surface area contributed by atoms with Gasteiger partial charge in [-0.2, -0.15) is 13.2 Å². The molecule has 1 aromatic carbocycles. The van der Waals surface area contributed by atoms with Crippen LogP contribution in [0.3, 0.4) is 0 Å². The summed E-state index contributed by atoms with van der Waals surface area (Å²) in [7, 11) is 0. The Bertz CT molecular complexity index is 445. The predicted octanol–water partition coefficient (Wildman–Crippen LogP) is 4.67. The molecule has 0 N–H and O–H groups in total. The fourth-order valence-corrected chi connectivity index (χ4v) is 2.97. The summed E-state index contributed by atoms with van der Waals surface area (Å²) < 4.78 is 39.9. The van der Waals surface area contributed by atoms with Crippen LogP contribution in [0.4, 0.5) is 13.2 Å². The first-order valence-electron chi connectivity index (χ1n) is 6.44. The van der Waals surface area contributed by atoms with Crippen molar-refractivity contribution in [3.8, 4) is 0 Å². The molecule has 1 saturated heterocycles. The number of hydrogen-bond donors (Lipinski definition) is 0. The monoisotopic (exact) mass is 335 g/mol. The normalized spacial score (nSPS) is 21.6. The summed E-state index contributed by atoms with van der Waals surface area (Å²) in [5, 5.41) is 0. The first-order valence-corrected chi connectivity index (χ1v) is 7.23. The number of likely N-dealkylation sites (tertiary alicyclic amines) is 1. The Hall–Kier alpha value is -0.550. The second-order valence-electron chi connectivity index (χ2n) is 5.12. The Kier molecular flexibility index (Phi) is 4.56. The molecule has 19 heavy (non-hydrogen) atoms. The largest absolute Gasteiger partial charge is 0.404 e. The van der Waals surface area contributed by atoms with Crippen molar-refractivity contribution >= 4 is 15.9 Å². The highest BCUT2D eigenvalue weighted by Crippen LogP contribution is 2.33. The highest BCUT2D eigenvalue weighted by atomic mass is 79.9. The third-order valence-electron chi connectivity index (χ3n) is 3.57. The molecule has 1 heterocycles. The van der Waals surface area contributed by atoms with E-state index in [2.05, 4.69) is 15.9 Å². The summed E-state index contributed by atoms with van der Waals surface area (Å²) in [6, 6.07) is 4.50. The molecule has 1 nitrogen and oxygen atoms in total. The van der Waals surface area contributed by atoms with Crippen LogP contribution in [0.15, 0.2) is 22.7 Å².